The summed E-state index contributed by atoms with van der Waals surface area (Å²) < 4.78 is 11.0. The van der Waals surface area contributed by atoms with Crippen LogP contribution in [0.15, 0.2) is 36.7 Å². The highest BCUT2D eigenvalue weighted by Crippen LogP contribution is 2.43. The van der Waals surface area contributed by atoms with E-state index < -0.39 is 0 Å². The van der Waals surface area contributed by atoms with E-state index in [4.69, 9.17) is 9.47 Å². The molecule has 4 heterocycles. The first-order valence-corrected chi connectivity index (χ1v) is 15.5. The van der Waals surface area contributed by atoms with Gasteiger partial charge in [0.15, 0.2) is 0 Å². The predicted molar refractivity (Wildman–Crippen MR) is 159 cm³/mol. The Morgan fingerprint density at radius 3 is 1.71 bits per heavy atom. The fourth-order valence-corrected chi connectivity index (χ4v) is 6.63. The molecule has 0 unspecified atom stereocenters. The normalized spacial score (nSPS) is 16.5. The van der Waals surface area contributed by atoms with E-state index in [1.807, 2.05) is 13.8 Å². The maximum atomic E-state index is 12.6. The number of carbonyl (C=O) groups excluding carboxylic acids is 2. The first-order chi connectivity index (χ1) is 20.5. The van der Waals surface area contributed by atoms with Crippen molar-refractivity contribution in [1.29, 1.82) is 0 Å². The third kappa shape index (κ3) is 8.03. The topological polar surface area (TPSA) is 154 Å². The molecule has 0 radical (unpaired) electrons. The van der Waals surface area contributed by atoms with E-state index in [-0.39, 0.29) is 36.5 Å². The van der Waals surface area contributed by atoms with Crippen molar-refractivity contribution in [3.05, 3.63) is 58.1 Å². The highest BCUT2D eigenvalue weighted by Gasteiger charge is 2.29. The fourth-order valence-electron chi connectivity index (χ4n) is 4.81. The molecule has 1 aliphatic rings. The summed E-state index contributed by atoms with van der Waals surface area (Å²) in [5.74, 6) is 1.38. The molecule has 12 nitrogen and oxygen atoms in total. The Labute approximate surface area is 251 Å². The van der Waals surface area contributed by atoms with Gasteiger partial charge in [-0.15, -0.1) is 20.4 Å². The lowest BCUT2D eigenvalue weighted by atomic mass is 9.82. The zero-order chi connectivity index (χ0) is 29.3. The van der Waals surface area contributed by atoms with Crippen LogP contribution in [0.4, 0.5) is 10.3 Å². The van der Waals surface area contributed by atoms with Gasteiger partial charge in [0.2, 0.25) is 22.1 Å². The largest absolute Gasteiger partial charge is 0.494 e. The fraction of sp³-hybridized carbons (Fsp3) is 0.429. The first kappa shape index (κ1) is 29.5. The number of carbonyl (C=O) groups is 2. The molecule has 0 bridgehead atoms. The van der Waals surface area contributed by atoms with E-state index in [0.29, 0.717) is 46.4 Å². The number of anilines is 2. The van der Waals surface area contributed by atoms with Gasteiger partial charge in [-0.1, -0.05) is 29.1 Å². The second-order valence-electron chi connectivity index (χ2n) is 9.73. The van der Waals surface area contributed by atoms with Crippen LogP contribution < -0.4 is 20.1 Å². The number of rotatable bonds is 12. The quantitative estimate of drug-likeness (QED) is 0.230. The van der Waals surface area contributed by atoms with Crippen molar-refractivity contribution in [2.24, 2.45) is 0 Å². The van der Waals surface area contributed by atoms with E-state index in [0.717, 1.165) is 35.7 Å². The summed E-state index contributed by atoms with van der Waals surface area (Å²) in [5, 5.41) is 25.6. The Bertz CT molecular complexity index is 1400. The predicted octanol–water partition coefficient (Wildman–Crippen LogP) is 4.78. The second-order valence-corrected chi connectivity index (χ2v) is 11.8. The average Bonchev–Trinajstić information content (AvgIpc) is 3.64. The molecule has 0 spiro atoms. The molecule has 1 saturated carbocycles. The van der Waals surface area contributed by atoms with Crippen molar-refractivity contribution < 1.29 is 19.1 Å². The van der Waals surface area contributed by atoms with E-state index >= 15 is 0 Å². The average molecular weight is 609 g/mol. The zero-order valence-electron chi connectivity index (χ0n) is 23.4. The van der Waals surface area contributed by atoms with Crippen molar-refractivity contribution in [3.8, 4) is 11.5 Å². The van der Waals surface area contributed by atoms with Crippen LogP contribution in [0.2, 0.25) is 0 Å². The van der Waals surface area contributed by atoms with Crippen LogP contribution in [-0.4, -0.2) is 55.4 Å². The van der Waals surface area contributed by atoms with Crippen molar-refractivity contribution in [2.45, 2.75) is 64.2 Å². The maximum Gasteiger partial charge on any atom is 0.232 e. The number of amides is 2. The lowest BCUT2D eigenvalue weighted by Gasteiger charge is -2.25. The standard InChI is InChI=1S/C28H32N8O4S2/c1-3-39-21-8-10-29-19(13-21)15-23(37)31-27-35-33-25(41-27)17-6-5-7-18(12-17)26-34-36-28(42-26)32-24(38)16-20-14-22(40-4-2)9-11-30-20/h8-11,13-14,17-18H,3-7,12,15-16H2,1-2H3,(H,31,35,37)(H,32,36,38)/t17-,18-/m0/s1. The molecule has 2 amide bonds. The van der Waals surface area contributed by atoms with Gasteiger partial charge in [0.25, 0.3) is 0 Å². The minimum Gasteiger partial charge on any atom is -0.494 e. The Balaban J connectivity index is 1.13. The second kappa shape index (κ2) is 14.2. The first-order valence-electron chi connectivity index (χ1n) is 13.9. The molecule has 0 saturated heterocycles. The minimum absolute atomic E-state index is 0.118. The van der Waals surface area contributed by atoms with Crippen LogP contribution >= 0.6 is 22.7 Å². The number of nitrogens with one attached hydrogen (secondary N) is 2. The maximum absolute atomic E-state index is 12.6. The molecule has 0 aliphatic heterocycles. The molecule has 1 fully saturated rings. The van der Waals surface area contributed by atoms with Gasteiger partial charge in [0.1, 0.15) is 21.5 Å². The molecule has 4 aromatic heterocycles. The molecular weight excluding hydrogens is 576 g/mol. The van der Waals surface area contributed by atoms with Crippen molar-refractivity contribution in [1.82, 2.24) is 30.4 Å². The van der Waals surface area contributed by atoms with E-state index in [1.165, 1.54) is 22.7 Å². The molecule has 4 aromatic rings. The molecule has 2 atom stereocenters. The molecule has 220 valence electrons. The molecule has 14 heteroatoms. The summed E-state index contributed by atoms with van der Waals surface area (Å²) in [6.45, 7) is 4.91. The van der Waals surface area contributed by atoms with E-state index in [1.54, 1.807) is 36.7 Å². The Kier molecular flexibility index (Phi) is 9.98. The Hall–Kier alpha value is -4.04. The van der Waals surface area contributed by atoms with Crippen LogP contribution in [-0.2, 0) is 22.4 Å². The summed E-state index contributed by atoms with van der Waals surface area (Å²) in [7, 11) is 0. The molecule has 1 aliphatic carbocycles. The third-order valence-corrected chi connectivity index (χ3v) is 8.63. The zero-order valence-corrected chi connectivity index (χ0v) is 25.0. The van der Waals surface area contributed by atoms with Gasteiger partial charge in [0.05, 0.1) is 37.4 Å². The van der Waals surface area contributed by atoms with Gasteiger partial charge in [-0.2, -0.15) is 0 Å². The third-order valence-electron chi connectivity index (χ3n) is 6.63. The summed E-state index contributed by atoms with van der Waals surface area (Å²) in [6.07, 6.45) is 7.35. The van der Waals surface area contributed by atoms with Crippen molar-refractivity contribution >= 4 is 44.8 Å². The van der Waals surface area contributed by atoms with Gasteiger partial charge in [-0.25, -0.2) is 0 Å². The Morgan fingerprint density at radius 1 is 0.786 bits per heavy atom. The van der Waals surface area contributed by atoms with Crippen LogP contribution in [0.1, 0.15) is 72.8 Å². The van der Waals surface area contributed by atoms with Crippen LogP contribution in [0, 0.1) is 0 Å². The smallest absolute Gasteiger partial charge is 0.232 e. The number of pyridine rings is 2. The summed E-state index contributed by atoms with van der Waals surface area (Å²) in [4.78, 5) is 33.7. The van der Waals surface area contributed by atoms with E-state index in [2.05, 4.69) is 41.0 Å². The van der Waals surface area contributed by atoms with Gasteiger partial charge >= 0.3 is 0 Å². The van der Waals surface area contributed by atoms with Gasteiger partial charge < -0.3 is 20.1 Å². The minimum atomic E-state index is -0.207. The monoisotopic (exact) mass is 608 g/mol. The van der Waals surface area contributed by atoms with Crippen molar-refractivity contribution in [2.75, 3.05) is 23.8 Å². The Morgan fingerprint density at radius 2 is 1.26 bits per heavy atom. The molecule has 2 N–H and O–H groups in total. The molecule has 5 rings (SSSR count). The summed E-state index contributed by atoms with van der Waals surface area (Å²) >= 11 is 2.80. The molecule has 0 aromatic carbocycles. The van der Waals surface area contributed by atoms with Gasteiger partial charge in [-0.3, -0.25) is 19.6 Å². The van der Waals surface area contributed by atoms with Gasteiger partial charge in [-0.05, 0) is 45.2 Å². The summed E-state index contributed by atoms with van der Waals surface area (Å²) in [6, 6.07) is 7.06. The van der Waals surface area contributed by atoms with E-state index in [9.17, 15) is 9.59 Å². The highest BCUT2D eigenvalue weighted by atomic mass is 32.1. The van der Waals surface area contributed by atoms with Crippen molar-refractivity contribution in [3.63, 3.8) is 0 Å². The van der Waals surface area contributed by atoms with Crippen LogP contribution in [0.5, 0.6) is 11.5 Å². The van der Waals surface area contributed by atoms with Gasteiger partial charge in [0, 0.05) is 36.4 Å². The van der Waals surface area contributed by atoms with Crippen LogP contribution in [0.25, 0.3) is 0 Å². The SMILES string of the molecule is CCOc1ccnc(CC(=O)Nc2nnc([C@H]3CCC[C@H](c4nnc(NC(=O)Cc5cc(OCC)ccn5)s4)C3)s2)c1. The molecule has 42 heavy (non-hydrogen) atoms. The number of aromatic nitrogens is 6. The lowest BCUT2D eigenvalue weighted by Crippen LogP contribution is -2.15. The lowest BCUT2D eigenvalue weighted by molar-refractivity contribution is -0.116. The van der Waals surface area contributed by atoms with Crippen LogP contribution in [0.3, 0.4) is 0 Å². The highest BCUT2D eigenvalue weighted by molar-refractivity contribution is 7.15. The number of hydrogen-bond donors (Lipinski definition) is 2. The number of hydrogen-bond acceptors (Lipinski definition) is 12. The summed E-state index contributed by atoms with van der Waals surface area (Å²) in [5.41, 5.74) is 1.25. The number of nitrogens with zero attached hydrogens (tertiary/aromatic N) is 6. The number of ether oxygens (including phenoxy) is 2. The molecular formula is C28H32N8O4S2.